The molecule has 1 aliphatic heterocycles. The molecule has 0 spiro atoms. The van der Waals surface area contributed by atoms with Gasteiger partial charge in [0, 0.05) is 36.5 Å². The molecule has 0 unspecified atom stereocenters. The third kappa shape index (κ3) is 7.97. The summed E-state index contributed by atoms with van der Waals surface area (Å²) in [5.41, 5.74) is 4.77. The number of likely N-dealkylation sites (tertiary alicyclic amines) is 1. The first-order valence-corrected chi connectivity index (χ1v) is 17.6. The van der Waals surface area contributed by atoms with Crippen molar-refractivity contribution in [1.82, 2.24) is 14.7 Å². The minimum Gasteiger partial charge on any atom is -0.339 e. The van der Waals surface area contributed by atoms with E-state index in [1.807, 2.05) is 61.5 Å². The highest BCUT2D eigenvalue weighted by Crippen LogP contribution is 2.29. The van der Waals surface area contributed by atoms with Gasteiger partial charge in [-0.05, 0) is 80.1 Å². The zero-order valence-corrected chi connectivity index (χ0v) is 28.4. The number of nitrogens with one attached hydrogen (secondary N) is 2. The van der Waals surface area contributed by atoms with Crippen LogP contribution in [0.2, 0.25) is 5.02 Å². The largest absolute Gasteiger partial charge is 0.339 e. The predicted molar refractivity (Wildman–Crippen MR) is 183 cm³/mol. The van der Waals surface area contributed by atoms with Crippen molar-refractivity contribution in [3.05, 3.63) is 100 Å². The van der Waals surface area contributed by atoms with E-state index in [0.29, 0.717) is 36.1 Å². The lowest BCUT2D eigenvalue weighted by molar-refractivity contribution is 0.0690. The van der Waals surface area contributed by atoms with Crippen molar-refractivity contribution in [2.24, 2.45) is 5.92 Å². The average Bonchev–Trinajstić information content (AvgIpc) is 3.41. The standard InChI is InChI=1S/C35H40ClN5O4S/c1-23-9-11-27(12-10-23)41-32(22-31(39-41)35(2,3)4)38-34(43)37-26-8-6-7-25(20-26)19-24-15-17-40(18-16-24)33(42)29-14-13-28(21-30(29)36)46(5,44)45/h6-14,20-22,24H,15-19H2,1-5H3,(H2,37,38,43). The molecule has 46 heavy (non-hydrogen) atoms. The molecule has 9 nitrogen and oxygen atoms in total. The number of hydrogen-bond donors (Lipinski definition) is 2. The molecule has 3 aromatic carbocycles. The van der Waals surface area contributed by atoms with Crippen molar-refractivity contribution < 1.29 is 18.0 Å². The molecule has 0 aliphatic carbocycles. The minimum absolute atomic E-state index is 0.0884. The molecule has 1 aromatic heterocycles. The van der Waals surface area contributed by atoms with Gasteiger partial charge < -0.3 is 10.2 Å². The topological polar surface area (TPSA) is 113 Å². The summed E-state index contributed by atoms with van der Waals surface area (Å²) in [5, 5.41) is 10.9. The lowest BCUT2D eigenvalue weighted by Crippen LogP contribution is -2.39. The first kappa shape index (κ1) is 33.2. The number of sulfone groups is 1. The number of benzene rings is 3. The molecule has 1 saturated heterocycles. The molecule has 2 N–H and O–H groups in total. The fourth-order valence-corrected chi connectivity index (χ4v) is 6.49. The summed E-state index contributed by atoms with van der Waals surface area (Å²) in [6.07, 6.45) is 3.57. The number of urea groups is 1. The molecule has 0 radical (unpaired) electrons. The number of rotatable bonds is 7. The Hall–Kier alpha value is -4.15. The summed E-state index contributed by atoms with van der Waals surface area (Å²) in [5.74, 6) is 0.756. The Balaban J connectivity index is 1.19. The van der Waals surface area contributed by atoms with Gasteiger partial charge >= 0.3 is 6.03 Å². The summed E-state index contributed by atoms with van der Waals surface area (Å²) in [7, 11) is -3.41. The second-order valence-electron chi connectivity index (χ2n) is 13.0. The number of amides is 3. The molecule has 11 heteroatoms. The van der Waals surface area contributed by atoms with Crippen molar-refractivity contribution in [2.45, 2.75) is 57.3 Å². The Labute approximate surface area is 275 Å². The van der Waals surface area contributed by atoms with E-state index in [1.54, 1.807) is 9.58 Å². The van der Waals surface area contributed by atoms with Crippen LogP contribution < -0.4 is 10.6 Å². The number of piperidine rings is 1. The maximum atomic E-state index is 13.1. The molecular formula is C35H40ClN5O4S. The Morgan fingerprint density at radius 1 is 0.957 bits per heavy atom. The number of aromatic nitrogens is 2. The molecule has 0 atom stereocenters. The molecule has 2 heterocycles. The van der Waals surface area contributed by atoms with Crippen LogP contribution in [0.1, 0.15) is 60.8 Å². The van der Waals surface area contributed by atoms with Crippen LogP contribution in [-0.2, 0) is 21.7 Å². The van der Waals surface area contributed by atoms with Gasteiger partial charge in [-0.15, -0.1) is 0 Å². The molecule has 3 amide bonds. The average molecular weight is 662 g/mol. The molecular weight excluding hydrogens is 622 g/mol. The highest BCUT2D eigenvalue weighted by Gasteiger charge is 2.26. The number of carbonyl (C=O) groups is 2. The zero-order valence-electron chi connectivity index (χ0n) is 26.8. The molecule has 0 bridgehead atoms. The van der Waals surface area contributed by atoms with Crippen LogP contribution >= 0.6 is 11.6 Å². The van der Waals surface area contributed by atoms with Gasteiger partial charge in [0.15, 0.2) is 9.84 Å². The molecule has 1 aliphatic rings. The third-order valence-corrected chi connectivity index (χ3v) is 9.63. The second-order valence-corrected chi connectivity index (χ2v) is 15.5. The number of carbonyl (C=O) groups excluding carboxylic acids is 2. The van der Waals surface area contributed by atoms with Crippen LogP contribution in [0, 0.1) is 12.8 Å². The smallest absolute Gasteiger partial charge is 0.324 e. The number of halogens is 1. The number of nitrogens with zero attached hydrogens (tertiary/aromatic N) is 3. The monoisotopic (exact) mass is 661 g/mol. The minimum atomic E-state index is -3.41. The van der Waals surface area contributed by atoms with Crippen LogP contribution in [0.4, 0.5) is 16.3 Å². The van der Waals surface area contributed by atoms with E-state index < -0.39 is 9.84 Å². The van der Waals surface area contributed by atoms with E-state index in [9.17, 15) is 18.0 Å². The Bertz CT molecular complexity index is 1850. The SMILES string of the molecule is Cc1ccc(-n2nc(C(C)(C)C)cc2NC(=O)Nc2cccc(CC3CCN(C(=O)c4ccc(S(C)(=O)=O)cc4Cl)CC3)c2)cc1. The Kier molecular flexibility index (Phi) is 9.60. The third-order valence-electron chi connectivity index (χ3n) is 8.21. The summed E-state index contributed by atoms with van der Waals surface area (Å²) < 4.78 is 25.4. The molecule has 242 valence electrons. The van der Waals surface area contributed by atoms with Crippen molar-refractivity contribution in [1.29, 1.82) is 0 Å². The first-order chi connectivity index (χ1) is 21.7. The summed E-state index contributed by atoms with van der Waals surface area (Å²) in [6.45, 7) is 9.45. The predicted octanol–water partition coefficient (Wildman–Crippen LogP) is 7.27. The summed E-state index contributed by atoms with van der Waals surface area (Å²) in [4.78, 5) is 28.1. The molecule has 4 aromatic rings. The first-order valence-electron chi connectivity index (χ1n) is 15.3. The highest BCUT2D eigenvalue weighted by molar-refractivity contribution is 7.90. The number of anilines is 2. The molecule has 0 saturated carbocycles. The Morgan fingerprint density at radius 3 is 2.28 bits per heavy atom. The maximum Gasteiger partial charge on any atom is 0.324 e. The quantitative estimate of drug-likeness (QED) is 0.216. The normalized spacial score (nSPS) is 14.3. The maximum absolute atomic E-state index is 13.1. The highest BCUT2D eigenvalue weighted by atomic mass is 35.5. The lowest BCUT2D eigenvalue weighted by atomic mass is 9.90. The van der Waals surface area contributed by atoms with E-state index >= 15 is 0 Å². The van der Waals surface area contributed by atoms with E-state index in [1.165, 1.54) is 18.2 Å². The van der Waals surface area contributed by atoms with Gasteiger partial charge in [0.2, 0.25) is 0 Å². The van der Waals surface area contributed by atoms with Crippen molar-refractivity contribution in [2.75, 3.05) is 30.0 Å². The van der Waals surface area contributed by atoms with Gasteiger partial charge in [0.25, 0.3) is 5.91 Å². The summed E-state index contributed by atoms with van der Waals surface area (Å²) in [6, 6.07) is 21.6. The summed E-state index contributed by atoms with van der Waals surface area (Å²) >= 11 is 6.29. The fraction of sp³-hybridized carbons (Fsp3) is 0.343. The van der Waals surface area contributed by atoms with E-state index in [2.05, 4.69) is 31.4 Å². The van der Waals surface area contributed by atoms with E-state index in [4.69, 9.17) is 16.7 Å². The second kappa shape index (κ2) is 13.3. The van der Waals surface area contributed by atoms with Crippen molar-refractivity contribution in [3.63, 3.8) is 0 Å². The number of aryl methyl sites for hydroxylation is 1. The van der Waals surface area contributed by atoms with Gasteiger partial charge in [-0.2, -0.15) is 5.10 Å². The number of hydrogen-bond acceptors (Lipinski definition) is 5. The van der Waals surface area contributed by atoms with Crippen LogP contribution in [0.3, 0.4) is 0 Å². The van der Waals surface area contributed by atoms with Gasteiger partial charge in [-0.1, -0.05) is 62.2 Å². The lowest BCUT2D eigenvalue weighted by Gasteiger charge is -2.32. The van der Waals surface area contributed by atoms with Gasteiger partial charge in [0.1, 0.15) is 5.82 Å². The molecule has 5 rings (SSSR count). The van der Waals surface area contributed by atoms with E-state index in [-0.39, 0.29) is 27.3 Å². The Morgan fingerprint density at radius 2 is 1.65 bits per heavy atom. The van der Waals surface area contributed by atoms with Gasteiger partial charge in [0.05, 0.1) is 26.9 Å². The van der Waals surface area contributed by atoms with Gasteiger partial charge in [-0.25, -0.2) is 17.9 Å². The van der Waals surface area contributed by atoms with Gasteiger partial charge in [-0.3, -0.25) is 10.1 Å². The van der Waals surface area contributed by atoms with Crippen molar-refractivity contribution >= 4 is 44.9 Å². The zero-order chi connectivity index (χ0) is 33.2. The van der Waals surface area contributed by atoms with Crippen LogP contribution in [-0.4, -0.2) is 54.4 Å². The molecule has 1 fully saturated rings. The fourth-order valence-electron chi connectivity index (χ4n) is 5.52. The van der Waals surface area contributed by atoms with E-state index in [0.717, 1.165) is 48.0 Å². The van der Waals surface area contributed by atoms with Crippen molar-refractivity contribution in [3.8, 4) is 5.69 Å². The van der Waals surface area contributed by atoms with Crippen LogP contribution in [0.15, 0.2) is 77.7 Å². The van der Waals surface area contributed by atoms with Crippen LogP contribution in [0.25, 0.3) is 5.69 Å². The van der Waals surface area contributed by atoms with Crippen LogP contribution in [0.5, 0.6) is 0 Å².